The van der Waals surface area contributed by atoms with Gasteiger partial charge in [-0.15, -0.1) is 0 Å². The Morgan fingerprint density at radius 1 is 1.44 bits per heavy atom. The molecule has 0 aromatic heterocycles. The van der Waals surface area contributed by atoms with Crippen molar-refractivity contribution in [2.24, 2.45) is 0 Å². The quantitative estimate of drug-likeness (QED) is 0.892. The first-order valence-corrected chi connectivity index (χ1v) is 5.46. The van der Waals surface area contributed by atoms with E-state index in [2.05, 4.69) is 10.1 Å². The number of hydrogen-bond acceptors (Lipinski definition) is 3. The molecule has 0 radical (unpaired) electrons. The molecule has 3 nitrogen and oxygen atoms in total. The van der Waals surface area contributed by atoms with Crippen molar-refractivity contribution in [2.45, 2.75) is 12.3 Å². The van der Waals surface area contributed by atoms with Gasteiger partial charge in [0.1, 0.15) is 5.75 Å². The van der Waals surface area contributed by atoms with Crippen molar-refractivity contribution in [2.75, 3.05) is 20.7 Å². The first kappa shape index (κ1) is 15.1. The minimum atomic E-state index is -4.59. The fourth-order valence-electron chi connectivity index (χ4n) is 1.54. The fourth-order valence-corrected chi connectivity index (χ4v) is 1.84. The van der Waals surface area contributed by atoms with Gasteiger partial charge in [-0.2, -0.15) is 13.2 Å². The molecule has 0 saturated carbocycles. The van der Waals surface area contributed by atoms with Crippen molar-refractivity contribution in [3.8, 4) is 5.75 Å². The molecule has 0 aliphatic heterocycles. The van der Waals surface area contributed by atoms with Gasteiger partial charge < -0.3 is 15.2 Å². The van der Waals surface area contributed by atoms with Gasteiger partial charge in [0.05, 0.1) is 23.8 Å². The number of alkyl halides is 3. The molecule has 1 rings (SSSR count). The number of aliphatic hydroxyl groups excluding tert-OH is 1. The highest BCUT2D eigenvalue weighted by Gasteiger charge is 2.36. The van der Waals surface area contributed by atoms with Crippen LogP contribution >= 0.6 is 11.6 Å². The zero-order valence-electron chi connectivity index (χ0n) is 9.81. The number of ether oxygens (including phenoxy) is 1. The van der Waals surface area contributed by atoms with Crippen LogP contribution in [0.4, 0.5) is 13.2 Å². The van der Waals surface area contributed by atoms with Crippen LogP contribution in [0.3, 0.4) is 0 Å². The lowest BCUT2D eigenvalue weighted by Gasteiger charge is -2.17. The third-order valence-corrected chi connectivity index (χ3v) is 2.64. The molecule has 1 atom stereocenters. The zero-order chi connectivity index (χ0) is 13.9. The van der Waals surface area contributed by atoms with E-state index in [1.807, 2.05) is 0 Å². The summed E-state index contributed by atoms with van der Waals surface area (Å²) < 4.78 is 43.1. The third kappa shape index (κ3) is 3.28. The van der Waals surface area contributed by atoms with Gasteiger partial charge in [-0.3, -0.25) is 0 Å². The second kappa shape index (κ2) is 5.77. The Bertz CT molecular complexity index is 423. The first-order chi connectivity index (χ1) is 8.31. The number of rotatable bonds is 4. The van der Waals surface area contributed by atoms with Gasteiger partial charge >= 0.3 is 6.18 Å². The van der Waals surface area contributed by atoms with Crippen LogP contribution in [0.25, 0.3) is 0 Å². The zero-order valence-corrected chi connectivity index (χ0v) is 10.6. The molecule has 2 N–H and O–H groups in total. The average molecular weight is 284 g/mol. The second-order valence-corrected chi connectivity index (χ2v) is 4.06. The first-order valence-electron chi connectivity index (χ1n) is 5.08. The van der Waals surface area contributed by atoms with Gasteiger partial charge in [0, 0.05) is 6.54 Å². The molecule has 0 spiro atoms. The normalized spacial score (nSPS) is 13.5. The number of hydrogen-bond donors (Lipinski definition) is 2. The van der Waals surface area contributed by atoms with Crippen LogP contribution in [0.5, 0.6) is 5.75 Å². The summed E-state index contributed by atoms with van der Waals surface area (Å²) in [4.78, 5) is 0. The average Bonchev–Trinajstić information content (AvgIpc) is 2.27. The van der Waals surface area contributed by atoms with Crippen molar-refractivity contribution in [3.05, 3.63) is 28.3 Å². The molecular formula is C11H13ClF3NO2. The Labute approximate surface area is 108 Å². The Balaban J connectivity index is 3.30. The topological polar surface area (TPSA) is 41.5 Å². The highest BCUT2D eigenvalue weighted by Crippen LogP contribution is 2.41. The van der Waals surface area contributed by atoms with Crippen LogP contribution in [-0.4, -0.2) is 25.8 Å². The van der Waals surface area contributed by atoms with E-state index < -0.39 is 23.6 Å². The van der Waals surface area contributed by atoms with E-state index in [1.54, 1.807) is 7.05 Å². The van der Waals surface area contributed by atoms with Gasteiger partial charge in [-0.05, 0) is 24.7 Å². The highest BCUT2D eigenvalue weighted by molar-refractivity contribution is 6.32. The molecule has 0 aliphatic rings. The maximum Gasteiger partial charge on any atom is 0.420 e. The molecule has 0 aliphatic carbocycles. The molecule has 0 heterocycles. The van der Waals surface area contributed by atoms with E-state index in [1.165, 1.54) is 6.07 Å². The van der Waals surface area contributed by atoms with E-state index in [4.69, 9.17) is 11.6 Å². The Hall–Kier alpha value is -0.980. The third-order valence-electron chi connectivity index (χ3n) is 2.36. The monoisotopic (exact) mass is 283 g/mol. The minimum Gasteiger partial charge on any atom is -0.495 e. The van der Waals surface area contributed by atoms with Crippen molar-refractivity contribution >= 4 is 11.6 Å². The van der Waals surface area contributed by atoms with Crippen molar-refractivity contribution < 1.29 is 23.0 Å². The summed E-state index contributed by atoms with van der Waals surface area (Å²) in [5.41, 5.74) is -0.912. The number of nitrogens with one attached hydrogen (secondary N) is 1. The van der Waals surface area contributed by atoms with Gasteiger partial charge in [0.15, 0.2) is 0 Å². The molecule has 1 aromatic carbocycles. The van der Waals surface area contributed by atoms with Gasteiger partial charge in [0.2, 0.25) is 0 Å². The number of likely N-dealkylation sites (N-methyl/N-ethyl adjacent to an activating group) is 1. The molecule has 0 bridgehead atoms. The van der Waals surface area contributed by atoms with Crippen LogP contribution in [0, 0.1) is 0 Å². The van der Waals surface area contributed by atoms with E-state index in [9.17, 15) is 18.3 Å². The largest absolute Gasteiger partial charge is 0.495 e. The predicted octanol–water partition coefficient (Wildman–Crippen LogP) is 2.62. The van der Waals surface area contributed by atoms with Crippen LogP contribution in [0.15, 0.2) is 12.1 Å². The number of benzene rings is 1. The van der Waals surface area contributed by atoms with Gasteiger partial charge in [0.25, 0.3) is 0 Å². The molecular weight excluding hydrogens is 271 g/mol. The summed E-state index contributed by atoms with van der Waals surface area (Å²) in [7, 11) is 2.69. The lowest BCUT2D eigenvalue weighted by atomic mass is 10.0. The number of methoxy groups -OCH3 is 1. The van der Waals surface area contributed by atoms with E-state index in [0.717, 1.165) is 13.2 Å². The molecule has 1 aromatic rings. The fraction of sp³-hybridized carbons (Fsp3) is 0.455. The summed E-state index contributed by atoms with van der Waals surface area (Å²) in [6.07, 6.45) is -5.66. The molecule has 0 amide bonds. The van der Waals surface area contributed by atoms with E-state index in [-0.39, 0.29) is 17.1 Å². The van der Waals surface area contributed by atoms with Crippen LogP contribution in [0.2, 0.25) is 5.02 Å². The molecule has 18 heavy (non-hydrogen) atoms. The van der Waals surface area contributed by atoms with Gasteiger partial charge in [-0.1, -0.05) is 11.6 Å². The molecule has 1 unspecified atom stereocenters. The summed E-state index contributed by atoms with van der Waals surface area (Å²) in [6, 6.07) is 2.10. The molecule has 0 fully saturated rings. The highest BCUT2D eigenvalue weighted by atomic mass is 35.5. The number of aliphatic hydroxyl groups is 1. The predicted molar refractivity (Wildman–Crippen MR) is 61.9 cm³/mol. The second-order valence-electron chi connectivity index (χ2n) is 3.65. The van der Waals surface area contributed by atoms with Crippen LogP contribution in [0.1, 0.15) is 17.2 Å². The summed E-state index contributed by atoms with van der Waals surface area (Å²) in [6.45, 7) is 0.125. The SMILES string of the molecule is CNCC(O)c1cc(Cl)c(OC)c(C(F)(F)F)c1. The molecule has 0 saturated heterocycles. The standard InChI is InChI=1S/C11H13ClF3NO2/c1-16-5-9(17)6-3-7(11(13,14)15)10(18-2)8(12)4-6/h3-4,9,16-17H,5H2,1-2H3. The van der Waals surface area contributed by atoms with Gasteiger partial charge in [-0.25, -0.2) is 0 Å². The minimum absolute atomic E-state index is 0.0856. The lowest BCUT2D eigenvalue weighted by molar-refractivity contribution is -0.138. The Morgan fingerprint density at radius 3 is 2.50 bits per heavy atom. The van der Waals surface area contributed by atoms with E-state index >= 15 is 0 Å². The Kier molecular flexibility index (Phi) is 4.84. The maximum absolute atomic E-state index is 12.8. The summed E-state index contributed by atoms with van der Waals surface area (Å²) in [5, 5.41) is 12.2. The van der Waals surface area contributed by atoms with Crippen molar-refractivity contribution in [3.63, 3.8) is 0 Å². The van der Waals surface area contributed by atoms with Crippen molar-refractivity contribution in [1.29, 1.82) is 0 Å². The molecule has 7 heteroatoms. The number of halogens is 4. The lowest BCUT2D eigenvalue weighted by Crippen LogP contribution is -2.18. The van der Waals surface area contributed by atoms with Crippen molar-refractivity contribution in [1.82, 2.24) is 5.32 Å². The molecule has 102 valence electrons. The summed E-state index contributed by atoms with van der Waals surface area (Å²) >= 11 is 5.73. The summed E-state index contributed by atoms with van der Waals surface area (Å²) in [5.74, 6) is -0.440. The Morgan fingerprint density at radius 2 is 2.06 bits per heavy atom. The van der Waals surface area contributed by atoms with E-state index in [0.29, 0.717) is 0 Å². The van der Waals surface area contributed by atoms with Crippen LogP contribution in [-0.2, 0) is 6.18 Å². The maximum atomic E-state index is 12.8. The smallest absolute Gasteiger partial charge is 0.420 e. The van der Waals surface area contributed by atoms with Crippen LogP contribution < -0.4 is 10.1 Å².